The number of rotatable bonds is 9. The lowest BCUT2D eigenvalue weighted by atomic mass is 9.75. The molecule has 0 heterocycles. The van der Waals surface area contributed by atoms with Gasteiger partial charge in [-0.05, 0) is 61.8 Å². The SMILES string of the molecule is CC(C)N(CCCC(=O)O)C(=O)C1(NC(=O)OCC2c3ccccc3-c3ccccc32)CCC1. The first-order valence-electron chi connectivity index (χ1n) is 12.0. The van der Waals surface area contributed by atoms with Gasteiger partial charge < -0.3 is 20.1 Å². The number of benzene rings is 2. The second-order valence-corrected chi connectivity index (χ2v) is 9.48. The maximum absolute atomic E-state index is 13.4. The van der Waals surface area contributed by atoms with Crippen LogP contribution < -0.4 is 5.32 Å². The summed E-state index contributed by atoms with van der Waals surface area (Å²) in [5.41, 5.74) is 3.61. The van der Waals surface area contributed by atoms with Crippen molar-refractivity contribution in [1.29, 1.82) is 0 Å². The van der Waals surface area contributed by atoms with E-state index in [0.29, 0.717) is 25.8 Å². The zero-order chi connectivity index (χ0) is 24.3. The highest BCUT2D eigenvalue weighted by atomic mass is 16.5. The number of alkyl carbamates (subject to hydrolysis) is 1. The van der Waals surface area contributed by atoms with Gasteiger partial charge in [-0.3, -0.25) is 9.59 Å². The number of ether oxygens (including phenoxy) is 1. The van der Waals surface area contributed by atoms with E-state index in [4.69, 9.17) is 9.84 Å². The molecule has 0 atom stereocenters. The fourth-order valence-electron chi connectivity index (χ4n) is 5.02. The number of hydrogen-bond donors (Lipinski definition) is 2. The molecule has 2 aromatic carbocycles. The summed E-state index contributed by atoms with van der Waals surface area (Å²) in [6.45, 7) is 4.34. The fraction of sp³-hybridized carbons (Fsp3) is 0.444. The molecule has 0 bridgehead atoms. The highest BCUT2D eigenvalue weighted by Gasteiger charge is 2.48. The van der Waals surface area contributed by atoms with Gasteiger partial charge in [0.15, 0.2) is 0 Å². The lowest BCUT2D eigenvalue weighted by molar-refractivity contribution is -0.144. The molecule has 2 aliphatic carbocycles. The molecule has 34 heavy (non-hydrogen) atoms. The Balaban J connectivity index is 1.42. The van der Waals surface area contributed by atoms with E-state index >= 15 is 0 Å². The Hall–Kier alpha value is -3.35. The van der Waals surface area contributed by atoms with Crippen molar-refractivity contribution in [2.24, 2.45) is 0 Å². The zero-order valence-corrected chi connectivity index (χ0v) is 19.8. The third-order valence-corrected chi connectivity index (χ3v) is 6.98. The van der Waals surface area contributed by atoms with Crippen molar-refractivity contribution in [1.82, 2.24) is 10.2 Å². The van der Waals surface area contributed by atoms with Crippen LogP contribution in [0.4, 0.5) is 4.79 Å². The standard InChI is InChI=1S/C27H32N2O5/c1-18(2)29(16-7-13-24(30)31)25(32)27(14-8-15-27)28-26(33)34-17-23-21-11-5-3-9-19(21)20-10-4-6-12-22(20)23/h3-6,9-12,18,23H,7-8,13-17H2,1-2H3,(H,28,33)(H,30,31). The smallest absolute Gasteiger partial charge is 0.408 e. The Labute approximate surface area is 200 Å². The van der Waals surface area contributed by atoms with E-state index in [0.717, 1.165) is 28.7 Å². The Bertz CT molecular complexity index is 1030. The van der Waals surface area contributed by atoms with Crippen molar-refractivity contribution >= 4 is 18.0 Å². The van der Waals surface area contributed by atoms with Gasteiger partial charge in [-0.15, -0.1) is 0 Å². The van der Waals surface area contributed by atoms with E-state index in [-0.39, 0.29) is 30.9 Å². The van der Waals surface area contributed by atoms with Crippen molar-refractivity contribution in [2.45, 2.75) is 63.5 Å². The van der Waals surface area contributed by atoms with Gasteiger partial charge in [0.1, 0.15) is 12.1 Å². The summed E-state index contributed by atoms with van der Waals surface area (Å²) in [7, 11) is 0. The maximum atomic E-state index is 13.4. The van der Waals surface area contributed by atoms with Crippen molar-refractivity contribution in [3.63, 3.8) is 0 Å². The van der Waals surface area contributed by atoms with Crippen LogP contribution >= 0.6 is 0 Å². The van der Waals surface area contributed by atoms with Crippen molar-refractivity contribution in [2.75, 3.05) is 13.2 Å². The molecule has 7 heteroatoms. The summed E-state index contributed by atoms with van der Waals surface area (Å²) < 4.78 is 5.68. The molecule has 2 aliphatic rings. The quantitative estimate of drug-likeness (QED) is 0.568. The monoisotopic (exact) mass is 464 g/mol. The second kappa shape index (κ2) is 9.87. The molecule has 180 valence electrons. The highest BCUT2D eigenvalue weighted by Crippen LogP contribution is 2.44. The third-order valence-electron chi connectivity index (χ3n) is 6.98. The highest BCUT2D eigenvalue weighted by molar-refractivity contribution is 5.91. The van der Waals surface area contributed by atoms with Gasteiger partial charge in [0.05, 0.1) is 0 Å². The minimum Gasteiger partial charge on any atom is -0.481 e. The first-order valence-corrected chi connectivity index (χ1v) is 12.0. The molecule has 4 rings (SSSR count). The molecule has 2 aromatic rings. The number of amides is 2. The molecule has 2 N–H and O–H groups in total. The molecule has 0 saturated heterocycles. The van der Waals surface area contributed by atoms with E-state index in [1.54, 1.807) is 4.90 Å². The normalized spacial score (nSPS) is 15.7. The van der Waals surface area contributed by atoms with Crippen molar-refractivity contribution in [3.05, 3.63) is 59.7 Å². The van der Waals surface area contributed by atoms with Gasteiger partial charge in [-0.2, -0.15) is 0 Å². The molecule has 0 spiro atoms. The number of carbonyl (C=O) groups excluding carboxylic acids is 2. The van der Waals surface area contributed by atoms with E-state index in [1.165, 1.54) is 0 Å². The molecule has 1 saturated carbocycles. The first kappa shape index (κ1) is 23.8. The average molecular weight is 465 g/mol. The first-order chi connectivity index (χ1) is 16.3. The molecule has 0 aliphatic heterocycles. The maximum Gasteiger partial charge on any atom is 0.408 e. The van der Waals surface area contributed by atoms with Crippen LogP contribution in [0.15, 0.2) is 48.5 Å². The molecule has 0 radical (unpaired) electrons. The summed E-state index contributed by atoms with van der Waals surface area (Å²) in [6, 6.07) is 16.2. The van der Waals surface area contributed by atoms with Crippen LogP contribution in [0.3, 0.4) is 0 Å². The summed E-state index contributed by atoms with van der Waals surface area (Å²) in [5.74, 6) is -1.09. The molecule has 1 fully saturated rings. The number of carboxylic acids is 1. The Kier molecular flexibility index (Phi) is 6.91. The Morgan fingerprint density at radius 1 is 1.06 bits per heavy atom. The molecule has 2 amide bonds. The van der Waals surface area contributed by atoms with Crippen LogP contribution in [0.1, 0.15) is 63.0 Å². The number of aliphatic carboxylic acids is 1. The molecule has 0 aromatic heterocycles. The van der Waals surface area contributed by atoms with E-state index < -0.39 is 17.6 Å². The van der Waals surface area contributed by atoms with Crippen molar-refractivity contribution < 1.29 is 24.2 Å². The van der Waals surface area contributed by atoms with Crippen molar-refractivity contribution in [3.8, 4) is 11.1 Å². The minimum atomic E-state index is -0.976. The van der Waals surface area contributed by atoms with Gasteiger partial charge in [0, 0.05) is 24.9 Å². The summed E-state index contributed by atoms with van der Waals surface area (Å²) in [5, 5.41) is 11.8. The molecule has 7 nitrogen and oxygen atoms in total. The minimum absolute atomic E-state index is 0.00328. The zero-order valence-electron chi connectivity index (χ0n) is 19.8. The fourth-order valence-corrected chi connectivity index (χ4v) is 5.02. The number of carboxylic acid groups (broad SMARTS) is 1. The lowest BCUT2D eigenvalue weighted by Gasteiger charge is -2.44. The van der Waals surface area contributed by atoms with E-state index in [1.807, 2.05) is 38.1 Å². The number of nitrogens with one attached hydrogen (secondary N) is 1. The van der Waals surface area contributed by atoms with Gasteiger partial charge >= 0.3 is 12.1 Å². The van der Waals surface area contributed by atoms with Gasteiger partial charge in [-0.25, -0.2) is 4.79 Å². The van der Waals surface area contributed by atoms with Gasteiger partial charge in [0.2, 0.25) is 5.91 Å². The molecular formula is C27H32N2O5. The third kappa shape index (κ3) is 4.65. The summed E-state index contributed by atoms with van der Waals surface area (Å²) >= 11 is 0. The van der Waals surface area contributed by atoms with Gasteiger partial charge in [-0.1, -0.05) is 48.5 Å². The number of hydrogen-bond acceptors (Lipinski definition) is 4. The van der Waals surface area contributed by atoms with Crippen LogP contribution in [0, 0.1) is 0 Å². The molecule has 0 unspecified atom stereocenters. The summed E-state index contributed by atoms with van der Waals surface area (Å²) in [6.07, 6.45) is 1.74. The van der Waals surface area contributed by atoms with Crippen LogP contribution in [0.2, 0.25) is 0 Å². The van der Waals surface area contributed by atoms with Crippen LogP contribution in [0.25, 0.3) is 11.1 Å². The lowest BCUT2D eigenvalue weighted by Crippen LogP contribution is -2.64. The number of fused-ring (bicyclic) bond motifs is 3. The van der Waals surface area contributed by atoms with Crippen LogP contribution in [-0.2, 0) is 14.3 Å². The number of carbonyl (C=O) groups is 3. The van der Waals surface area contributed by atoms with E-state index in [2.05, 4.69) is 29.6 Å². The topological polar surface area (TPSA) is 95.9 Å². The predicted octanol–water partition coefficient (Wildman–Crippen LogP) is 4.55. The average Bonchev–Trinajstić information content (AvgIpc) is 3.11. The Morgan fingerprint density at radius 3 is 2.15 bits per heavy atom. The largest absolute Gasteiger partial charge is 0.481 e. The summed E-state index contributed by atoms with van der Waals surface area (Å²) in [4.78, 5) is 38.8. The Morgan fingerprint density at radius 2 is 1.65 bits per heavy atom. The van der Waals surface area contributed by atoms with Gasteiger partial charge in [0.25, 0.3) is 0 Å². The van der Waals surface area contributed by atoms with Crippen LogP contribution in [0.5, 0.6) is 0 Å². The second-order valence-electron chi connectivity index (χ2n) is 9.48. The number of nitrogens with zero attached hydrogens (tertiary/aromatic N) is 1. The van der Waals surface area contributed by atoms with Crippen LogP contribution in [-0.4, -0.2) is 52.7 Å². The predicted molar refractivity (Wildman–Crippen MR) is 129 cm³/mol. The van der Waals surface area contributed by atoms with E-state index in [9.17, 15) is 14.4 Å². The molecular weight excluding hydrogens is 432 g/mol.